The lowest BCUT2D eigenvalue weighted by Crippen LogP contribution is -2.48. The molecule has 0 bridgehead atoms. The van der Waals surface area contributed by atoms with Crippen molar-refractivity contribution < 1.29 is 9.59 Å². The lowest BCUT2D eigenvalue weighted by atomic mass is 9.94. The van der Waals surface area contributed by atoms with Gasteiger partial charge in [0.2, 0.25) is 11.8 Å². The minimum absolute atomic E-state index is 0.0286. The van der Waals surface area contributed by atoms with Gasteiger partial charge in [-0.3, -0.25) is 9.59 Å². The van der Waals surface area contributed by atoms with Gasteiger partial charge >= 0.3 is 0 Å². The molecule has 0 aromatic heterocycles. The molecule has 162 valence electrons. The number of hydrogen-bond acceptors (Lipinski definition) is 4. The number of hydrazone groups is 1. The van der Waals surface area contributed by atoms with Gasteiger partial charge in [-0.25, -0.2) is 5.43 Å². The van der Waals surface area contributed by atoms with Crippen molar-refractivity contribution in [2.45, 2.75) is 33.1 Å². The average molecular weight is 419 g/mol. The van der Waals surface area contributed by atoms with Gasteiger partial charge in [0.05, 0.1) is 5.71 Å². The molecule has 6 heteroatoms. The predicted molar refractivity (Wildman–Crippen MR) is 123 cm³/mol. The maximum atomic E-state index is 12.6. The molecular formula is C25H30N4O2. The molecule has 1 saturated heterocycles. The molecule has 2 aromatic carbocycles. The Balaban J connectivity index is 1.29. The Morgan fingerprint density at radius 2 is 1.71 bits per heavy atom. The Hall–Kier alpha value is -3.15. The second-order valence-corrected chi connectivity index (χ2v) is 8.54. The van der Waals surface area contributed by atoms with Gasteiger partial charge in [0.1, 0.15) is 0 Å². The third-order valence-corrected chi connectivity index (χ3v) is 6.17. The Kier molecular flexibility index (Phi) is 6.35. The molecule has 2 aromatic rings. The van der Waals surface area contributed by atoms with E-state index in [4.69, 9.17) is 0 Å². The third-order valence-electron chi connectivity index (χ3n) is 6.17. The third kappa shape index (κ3) is 5.13. The zero-order valence-corrected chi connectivity index (χ0v) is 18.3. The number of aryl methyl sites for hydroxylation is 2. The molecule has 0 spiro atoms. The Labute approximate surface area is 183 Å². The maximum Gasteiger partial charge on any atom is 0.240 e. The van der Waals surface area contributed by atoms with E-state index < -0.39 is 0 Å². The van der Waals surface area contributed by atoms with E-state index in [1.807, 2.05) is 11.8 Å². The molecule has 1 fully saturated rings. The molecule has 1 unspecified atom stereocenters. The molecule has 0 aliphatic carbocycles. The molecule has 4 rings (SSSR count). The molecule has 2 amide bonds. The van der Waals surface area contributed by atoms with Crippen LogP contribution in [0.5, 0.6) is 0 Å². The van der Waals surface area contributed by atoms with E-state index in [9.17, 15) is 9.59 Å². The number of hydrogen-bond donors (Lipinski definition) is 1. The van der Waals surface area contributed by atoms with Crippen LogP contribution in [0.2, 0.25) is 0 Å². The number of nitrogens with one attached hydrogen (secondary N) is 1. The van der Waals surface area contributed by atoms with E-state index >= 15 is 0 Å². The van der Waals surface area contributed by atoms with E-state index in [1.54, 1.807) is 0 Å². The Morgan fingerprint density at radius 3 is 2.35 bits per heavy atom. The van der Waals surface area contributed by atoms with Gasteiger partial charge in [-0.1, -0.05) is 48.9 Å². The summed E-state index contributed by atoms with van der Waals surface area (Å²) in [7, 11) is 0. The zero-order valence-electron chi connectivity index (χ0n) is 18.3. The van der Waals surface area contributed by atoms with Crippen molar-refractivity contribution in [3.8, 4) is 0 Å². The van der Waals surface area contributed by atoms with Crippen LogP contribution in [0.4, 0.5) is 5.69 Å². The van der Waals surface area contributed by atoms with Gasteiger partial charge in [0.15, 0.2) is 0 Å². The van der Waals surface area contributed by atoms with Gasteiger partial charge in [-0.05, 0) is 36.6 Å². The first kappa shape index (κ1) is 21.1. The van der Waals surface area contributed by atoms with E-state index in [2.05, 4.69) is 70.9 Å². The lowest BCUT2D eigenvalue weighted by molar-refractivity contribution is -0.131. The average Bonchev–Trinajstić information content (AvgIpc) is 2.79. The largest absolute Gasteiger partial charge is 0.368 e. The molecule has 1 N–H and O–H groups in total. The molecule has 0 saturated carbocycles. The summed E-state index contributed by atoms with van der Waals surface area (Å²) in [5.74, 6) is 0.329. The Bertz CT molecular complexity index is 958. The molecule has 2 aliphatic rings. The van der Waals surface area contributed by atoms with Crippen molar-refractivity contribution in [3.05, 3.63) is 65.2 Å². The fourth-order valence-electron chi connectivity index (χ4n) is 4.22. The number of amides is 2. The van der Waals surface area contributed by atoms with Crippen LogP contribution in [0.1, 0.15) is 36.5 Å². The highest BCUT2D eigenvalue weighted by molar-refractivity contribution is 6.05. The van der Waals surface area contributed by atoms with Crippen LogP contribution < -0.4 is 10.3 Å². The highest BCUT2D eigenvalue weighted by atomic mass is 16.2. The van der Waals surface area contributed by atoms with Crippen molar-refractivity contribution in [2.24, 2.45) is 11.0 Å². The smallest absolute Gasteiger partial charge is 0.240 e. The van der Waals surface area contributed by atoms with E-state index in [1.165, 1.54) is 11.1 Å². The SMILES string of the molecule is Cc1ccc(CCC(=O)N2CCN(c3ccc(C4=NNC(=O)CC4C)cc3)CC2)cc1. The van der Waals surface area contributed by atoms with Gasteiger partial charge in [0.25, 0.3) is 0 Å². The molecule has 1 atom stereocenters. The predicted octanol–water partition coefficient (Wildman–Crippen LogP) is 3.14. The molecule has 2 aliphatic heterocycles. The number of carbonyl (C=O) groups excluding carboxylic acids is 2. The summed E-state index contributed by atoms with van der Waals surface area (Å²) in [6.45, 7) is 7.28. The number of anilines is 1. The fourth-order valence-corrected chi connectivity index (χ4v) is 4.22. The van der Waals surface area contributed by atoms with Crippen LogP contribution in [0, 0.1) is 12.8 Å². The van der Waals surface area contributed by atoms with E-state index in [0.717, 1.165) is 49.6 Å². The first-order valence-corrected chi connectivity index (χ1v) is 11.0. The van der Waals surface area contributed by atoms with E-state index in [-0.39, 0.29) is 17.7 Å². The molecule has 0 radical (unpaired) electrons. The first-order chi connectivity index (χ1) is 15.0. The van der Waals surface area contributed by atoms with Crippen molar-refractivity contribution >= 4 is 23.2 Å². The highest BCUT2D eigenvalue weighted by Crippen LogP contribution is 2.22. The maximum absolute atomic E-state index is 12.6. The monoisotopic (exact) mass is 418 g/mol. The topological polar surface area (TPSA) is 65.0 Å². The number of piperazine rings is 1. The molecule has 2 heterocycles. The summed E-state index contributed by atoms with van der Waals surface area (Å²) in [4.78, 5) is 28.4. The van der Waals surface area contributed by atoms with E-state index in [0.29, 0.717) is 12.8 Å². The molecule has 6 nitrogen and oxygen atoms in total. The lowest BCUT2D eigenvalue weighted by Gasteiger charge is -2.36. The van der Waals surface area contributed by atoms with Gasteiger partial charge in [-0.2, -0.15) is 5.10 Å². The normalized spacial score (nSPS) is 19.1. The second-order valence-electron chi connectivity index (χ2n) is 8.54. The number of benzene rings is 2. The number of carbonyl (C=O) groups is 2. The van der Waals surface area contributed by atoms with Crippen LogP contribution in [0.25, 0.3) is 0 Å². The van der Waals surface area contributed by atoms with Crippen LogP contribution in [0.15, 0.2) is 53.6 Å². The van der Waals surface area contributed by atoms with Crippen LogP contribution >= 0.6 is 0 Å². The summed E-state index contributed by atoms with van der Waals surface area (Å²) < 4.78 is 0. The standard InChI is InChI=1S/C25H30N4O2/c1-18-3-5-20(6-4-18)7-12-24(31)29-15-13-28(14-16-29)22-10-8-21(9-11-22)25-19(2)17-23(30)26-27-25/h3-6,8-11,19H,7,12-17H2,1-2H3,(H,26,30). The second kappa shape index (κ2) is 9.33. The highest BCUT2D eigenvalue weighted by Gasteiger charge is 2.23. The Morgan fingerprint density at radius 1 is 1.03 bits per heavy atom. The summed E-state index contributed by atoms with van der Waals surface area (Å²) in [5, 5.41) is 4.24. The van der Waals surface area contributed by atoms with Crippen LogP contribution in [0.3, 0.4) is 0 Å². The molecule has 31 heavy (non-hydrogen) atoms. The zero-order chi connectivity index (χ0) is 21.8. The van der Waals surface area contributed by atoms with Gasteiger partial charge in [-0.15, -0.1) is 0 Å². The minimum atomic E-state index is -0.0286. The first-order valence-electron chi connectivity index (χ1n) is 11.0. The quantitative estimate of drug-likeness (QED) is 0.811. The summed E-state index contributed by atoms with van der Waals surface area (Å²) >= 11 is 0. The van der Waals surface area contributed by atoms with Crippen molar-refractivity contribution in [2.75, 3.05) is 31.1 Å². The summed E-state index contributed by atoms with van der Waals surface area (Å²) in [5.41, 5.74) is 8.16. The van der Waals surface area contributed by atoms with Crippen molar-refractivity contribution in [3.63, 3.8) is 0 Å². The molecular weight excluding hydrogens is 388 g/mol. The van der Waals surface area contributed by atoms with Crippen LogP contribution in [-0.4, -0.2) is 48.6 Å². The minimum Gasteiger partial charge on any atom is -0.368 e. The van der Waals surface area contributed by atoms with Crippen LogP contribution in [-0.2, 0) is 16.0 Å². The van der Waals surface area contributed by atoms with Crippen molar-refractivity contribution in [1.82, 2.24) is 10.3 Å². The summed E-state index contributed by atoms with van der Waals surface area (Å²) in [6, 6.07) is 16.8. The fraction of sp³-hybridized carbons (Fsp3) is 0.400. The summed E-state index contributed by atoms with van der Waals surface area (Å²) in [6.07, 6.45) is 1.83. The number of rotatable bonds is 5. The van der Waals surface area contributed by atoms with Gasteiger partial charge < -0.3 is 9.80 Å². The van der Waals surface area contributed by atoms with Crippen molar-refractivity contribution in [1.29, 1.82) is 0 Å². The number of nitrogens with zero attached hydrogens (tertiary/aromatic N) is 3. The van der Waals surface area contributed by atoms with Gasteiger partial charge in [0, 0.05) is 50.6 Å².